The first-order valence-corrected chi connectivity index (χ1v) is 8.37. The number of carbonyl (C=O) groups is 1. The van der Waals surface area contributed by atoms with Crippen LogP contribution in [0.3, 0.4) is 0 Å². The van der Waals surface area contributed by atoms with Gasteiger partial charge in [-0.2, -0.15) is 0 Å². The van der Waals surface area contributed by atoms with Crippen LogP contribution in [0.5, 0.6) is 5.75 Å². The molecule has 0 saturated heterocycles. The third-order valence-electron chi connectivity index (χ3n) is 2.95. The molecule has 0 aliphatic rings. The summed E-state index contributed by atoms with van der Waals surface area (Å²) in [7, 11) is 0. The molecule has 2 amide bonds. The zero-order valence-corrected chi connectivity index (χ0v) is 13.4. The van der Waals surface area contributed by atoms with Crippen LogP contribution in [0.1, 0.15) is 6.42 Å². The summed E-state index contributed by atoms with van der Waals surface area (Å²) in [6.45, 7) is 1.15. The summed E-state index contributed by atoms with van der Waals surface area (Å²) in [4.78, 5) is 12.9. The fourth-order valence-corrected chi connectivity index (χ4v) is 2.32. The highest BCUT2D eigenvalue weighted by molar-refractivity contribution is 7.98. The summed E-state index contributed by atoms with van der Waals surface area (Å²) in [6, 6.07) is 17.2. The lowest BCUT2D eigenvalue weighted by atomic mass is 10.3. The van der Waals surface area contributed by atoms with Gasteiger partial charge in [0.1, 0.15) is 5.75 Å². The average Bonchev–Trinajstić information content (AvgIpc) is 2.55. The Morgan fingerprint density at radius 3 is 2.73 bits per heavy atom. The van der Waals surface area contributed by atoms with Crippen LogP contribution in [0.2, 0.25) is 0 Å². The van der Waals surface area contributed by atoms with Crippen molar-refractivity contribution in [2.24, 2.45) is 0 Å². The van der Waals surface area contributed by atoms with Crippen LogP contribution >= 0.6 is 11.8 Å². The van der Waals surface area contributed by atoms with Crippen LogP contribution in [0, 0.1) is 0 Å². The average molecular weight is 316 g/mol. The molecule has 2 N–H and O–H groups in total. The van der Waals surface area contributed by atoms with Gasteiger partial charge in [-0.3, -0.25) is 0 Å². The molecule has 0 fully saturated rings. The third-order valence-corrected chi connectivity index (χ3v) is 3.67. The van der Waals surface area contributed by atoms with Gasteiger partial charge in [0.15, 0.2) is 0 Å². The minimum Gasteiger partial charge on any atom is -0.494 e. The van der Waals surface area contributed by atoms with E-state index < -0.39 is 0 Å². The van der Waals surface area contributed by atoms with Crippen molar-refractivity contribution < 1.29 is 9.53 Å². The quantitative estimate of drug-likeness (QED) is 0.599. The number of ether oxygens (including phenoxy) is 1. The Bertz CT molecular complexity index is 590. The van der Waals surface area contributed by atoms with Crippen LogP contribution in [0.15, 0.2) is 59.5 Å². The van der Waals surface area contributed by atoms with Gasteiger partial charge < -0.3 is 15.4 Å². The number of benzene rings is 2. The van der Waals surface area contributed by atoms with Gasteiger partial charge >= 0.3 is 6.03 Å². The van der Waals surface area contributed by atoms with E-state index in [1.54, 1.807) is 11.8 Å². The Hall–Kier alpha value is -2.14. The topological polar surface area (TPSA) is 50.4 Å². The van der Waals surface area contributed by atoms with Crippen LogP contribution < -0.4 is 15.4 Å². The number of rotatable bonds is 7. The van der Waals surface area contributed by atoms with Crippen LogP contribution in [0.4, 0.5) is 10.5 Å². The molecule has 0 unspecified atom stereocenters. The van der Waals surface area contributed by atoms with Crippen LogP contribution in [-0.2, 0) is 0 Å². The molecule has 22 heavy (non-hydrogen) atoms. The summed E-state index contributed by atoms with van der Waals surface area (Å²) in [6.07, 6.45) is 2.76. The number of thioether (sulfide) groups is 1. The predicted octanol–water partition coefficient (Wildman–Crippen LogP) is 4.00. The van der Waals surface area contributed by atoms with E-state index in [4.69, 9.17) is 4.74 Å². The molecule has 0 aliphatic heterocycles. The Morgan fingerprint density at radius 2 is 1.95 bits per heavy atom. The van der Waals surface area contributed by atoms with Crippen LogP contribution in [0.25, 0.3) is 0 Å². The number of urea groups is 1. The van der Waals surface area contributed by atoms with Crippen molar-refractivity contribution in [2.45, 2.75) is 11.3 Å². The van der Waals surface area contributed by atoms with Crippen molar-refractivity contribution in [1.29, 1.82) is 0 Å². The molecule has 0 atom stereocenters. The highest BCUT2D eigenvalue weighted by Gasteiger charge is 2.01. The van der Waals surface area contributed by atoms with E-state index in [9.17, 15) is 4.79 Å². The van der Waals surface area contributed by atoms with Gasteiger partial charge in [-0.25, -0.2) is 4.79 Å². The SMILES string of the molecule is CSc1cccc(NC(=O)NCCCOc2ccccc2)c1. The molecule has 0 radical (unpaired) electrons. The maximum atomic E-state index is 11.8. The Kier molecular flexibility index (Phi) is 6.64. The number of carbonyl (C=O) groups excluding carboxylic acids is 1. The van der Waals surface area contributed by atoms with Crippen molar-refractivity contribution in [3.8, 4) is 5.75 Å². The lowest BCUT2D eigenvalue weighted by Crippen LogP contribution is -2.30. The zero-order valence-electron chi connectivity index (χ0n) is 12.5. The van der Waals surface area contributed by atoms with Crippen molar-refractivity contribution in [2.75, 3.05) is 24.7 Å². The lowest BCUT2D eigenvalue weighted by molar-refractivity contribution is 0.250. The second-order valence-electron chi connectivity index (χ2n) is 4.63. The lowest BCUT2D eigenvalue weighted by Gasteiger charge is -2.09. The summed E-state index contributed by atoms with van der Waals surface area (Å²) in [5.41, 5.74) is 0.796. The number of amides is 2. The normalized spacial score (nSPS) is 10.0. The Labute approximate surface area is 135 Å². The minimum atomic E-state index is -0.196. The number of hydrogen-bond donors (Lipinski definition) is 2. The molecule has 0 spiro atoms. The van der Waals surface area contributed by atoms with Gasteiger partial charge in [0.05, 0.1) is 6.61 Å². The van der Waals surface area contributed by atoms with E-state index in [0.717, 1.165) is 22.8 Å². The van der Waals surface area contributed by atoms with E-state index in [2.05, 4.69) is 10.6 Å². The molecule has 2 aromatic carbocycles. The molecular weight excluding hydrogens is 296 g/mol. The molecule has 0 heterocycles. The smallest absolute Gasteiger partial charge is 0.319 e. The highest BCUT2D eigenvalue weighted by Crippen LogP contribution is 2.18. The standard InChI is InChI=1S/C17H20N2O2S/c1-22-16-10-5-7-14(13-16)19-17(20)18-11-6-12-21-15-8-3-2-4-9-15/h2-5,7-10,13H,6,11-12H2,1H3,(H2,18,19,20). The molecule has 116 valence electrons. The van der Waals surface area contributed by atoms with Crippen LogP contribution in [-0.4, -0.2) is 25.4 Å². The molecular formula is C17H20N2O2S. The van der Waals surface area contributed by atoms with Crippen molar-refractivity contribution in [3.63, 3.8) is 0 Å². The molecule has 5 heteroatoms. The minimum absolute atomic E-state index is 0.196. The molecule has 0 saturated carbocycles. The maximum Gasteiger partial charge on any atom is 0.319 e. The number of para-hydroxylation sites is 1. The Balaban J connectivity index is 1.63. The number of nitrogens with one attached hydrogen (secondary N) is 2. The van der Waals surface area contributed by atoms with Gasteiger partial charge in [0.25, 0.3) is 0 Å². The summed E-state index contributed by atoms with van der Waals surface area (Å²) >= 11 is 1.64. The van der Waals surface area contributed by atoms with E-state index in [1.807, 2.05) is 60.9 Å². The largest absolute Gasteiger partial charge is 0.494 e. The van der Waals surface area contributed by atoms with Crippen molar-refractivity contribution >= 4 is 23.5 Å². The molecule has 0 aromatic heterocycles. The summed E-state index contributed by atoms with van der Waals surface area (Å²) in [5.74, 6) is 0.848. The van der Waals surface area contributed by atoms with E-state index >= 15 is 0 Å². The first-order chi connectivity index (χ1) is 10.8. The maximum absolute atomic E-state index is 11.8. The summed E-state index contributed by atoms with van der Waals surface area (Å²) < 4.78 is 5.56. The molecule has 2 aromatic rings. The van der Waals surface area contributed by atoms with Gasteiger partial charge in [-0.1, -0.05) is 24.3 Å². The molecule has 4 nitrogen and oxygen atoms in total. The van der Waals surface area contributed by atoms with Gasteiger partial charge in [-0.05, 0) is 43.0 Å². The van der Waals surface area contributed by atoms with Gasteiger partial charge in [0, 0.05) is 17.1 Å². The molecule has 2 rings (SSSR count). The van der Waals surface area contributed by atoms with Gasteiger partial charge in [-0.15, -0.1) is 11.8 Å². The third kappa shape index (κ3) is 5.69. The Morgan fingerprint density at radius 1 is 1.14 bits per heavy atom. The highest BCUT2D eigenvalue weighted by atomic mass is 32.2. The molecule has 0 bridgehead atoms. The summed E-state index contributed by atoms with van der Waals surface area (Å²) in [5, 5.41) is 5.64. The zero-order chi connectivity index (χ0) is 15.6. The fraction of sp³-hybridized carbons (Fsp3) is 0.235. The monoisotopic (exact) mass is 316 g/mol. The van der Waals surface area contributed by atoms with E-state index in [1.165, 1.54) is 0 Å². The van der Waals surface area contributed by atoms with Gasteiger partial charge in [0.2, 0.25) is 0 Å². The second-order valence-corrected chi connectivity index (χ2v) is 5.51. The van der Waals surface area contributed by atoms with Crippen molar-refractivity contribution in [1.82, 2.24) is 5.32 Å². The number of hydrogen-bond acceptors (Lipinski definition) is 3. The first-order valence-electron chi connectivity index (χ1n) is 7.14. The van der Waals surface area contributed by atoms with Crippen molar-refractivity contribution in [3.05, 3.63) is 54.6 Å². The first kappa shape index (κ1) is 16.2. The second kappa shape index (κ2) is 9.00. The van der Waals surface area contributed by atoms with E-state index in [-0.39, 0.29) is 6.03 Å². The van der Waals surface area contributed by atoms with E-state index in [0.29, 0.717) is 13.2 Å². The fourth-order valence-electron chi connectivity index (χ4n) is 1.86. The predicted molar refractivity (Wildman–Crippen MR) is 91.8 cm³/mol. The molecule has 0 aliphatic carbocycles. The number of anilines is 1.